The van der Waals surface area contributed by atoms with Gasteiger partial charge in [-0.15, -0.1) is 0 Å². The van der Waals surface area contributed by atoms with Gasteiger partial charge >= 0.3 is 0 Å². The minimum atomic E-state index is -1.05. The number of likely N-dealkylation sites (tertiary alicyclic amines) is 1. The molecule has 0 saturated carbocycles. The van der Waals surface area contributed by atoms with Crippen molar-refractivity contribution in [2.75, 3.05) is 19.6 Å². The van der Waals surface area contributed by atoms with E-state index in [2.05, 4.69) is 84.6 Å². The minimum Gasteiger partial charge on any atom is -0.379 e. The Morgan fingerprint density at radius 3 is 1.97 bits per heavy atom. The summed E-state index contributed by atoms with van der Waals surface area (Å²) in [5.41, 5.74) is 5.93. The Kier molecular flexibility index (Phi) is 5.97. The maximum Gasteiger partial charge on any atom is 0.141 e. The van der Waals surface area contributed by atoms with Crippen LogP contribution in [0.15, 0.2) is 109 Å². The lowest BCUT2D eigenvalue weighted by Crippen LogP contribution is -2.45. The Balaban J connectivity index is 1.26. The molecule has 0 unspecified atom stereocenters. The highest BCUT2D eigenvalue weighted by Crippen LogP contribution is 2.48. The molecule has 1 aliphatic heterocycles. The van der Waals surface area contributed by atoms with Gasteiger partial charge in [-0.1, -0.05) is 115 Å². The Morgan fingerprint density at radius 2 is 1.31 bits per heavy atom. The van der Waals surface area contributed by atoms with Crippen LogP contribution in [0.25, 0.3) is 11.1 Å². The number of aliphatic hydroxyl groups is 1. The third-order valence-corrected chi connectivity index (χ3v) is 8.11. The number of nitrogens with zero attached hydrogens (tertiary/aromatic N) is 1. The van der Waals surface area contributed by atoms with Crippen LogP contribution >= 0.6 is 0 Å². The zero-order chi connectivity index (χ0) is 24.4. The first-order valence-electron chi connectivity index (χ1n) is 13.0. The zero-order valence-corrected chi connectivity index (χ0v) is 20.6. The summed E-state index contributed by atoms with van der Waals surface area (Å²) in [6, 6.07) is 38.2. The smallest absolute Gasteiger partial charge is 0.141 e. The van der Waals surface area contributed by atoms with Crippen LogP contribution < -0.4 is 0 Å². The summed E-state index contributed by atoms with van der Waals surface area (Å²) in [6.45, 7) is 4.02. The largest absolute Gasteiger partial charge is 0.379 e. The molecule has 1 aliphatic carbocycles. The highest BCUT2D eigenvalue weighted by molar-refractivity contribution is 5.80. The van der Waals surface area contributed by atoms with Gasteiger partial charge in [0.1, 0.15) is 18.7 Å². The number of benzene rings is 4. The van der Waals surface area contributed by atoms with Gasteiger partial charge in [0.25, 0.3) is 0 Å². The number of quaternary nitrogens is 1. The summed E-state index contributed by atoms with van der Waals surface area (Å²) < 4.78 is 0.974. The van der Waals surface area contributed by atoms with Gasteiger partial charge in [0.05, 0.1) is 13.1 Å². The summed E-state index contributed by atoms with van der Waals surface area (Å²) in [5.74, 6) is 7.53. The monoisotopic (exact) mass is 470 g/mol. The summed E-state index contributed by atoms with van der Waals surface area (Å²) in [5, 5.41) is 11.9. The molecule has 1 N–H and O–H groups in total. The first kappa shape index (κ1) is 22.8. The van der Waals surface area contributed by atoms with Crippen molar-refractivity contribution >= 4 is 0 Å². The Hall–Kier alpha value is -3.64. The van der Waals surface area contributed by atoms with Gasteiger partial charge in [0.15, 0.2) is 0 Å². The molecule has 2 heteroatoms. The van der Waals surface area contributed by atoms with Gasteiger partial charge in [-0.2, -0.15) is 0 Å². The second-order valence-corrected chi connectivity index (χ2v) is 10.4. The molecule has 1 heterocycles. The number of hydrogen-bond acceptors (Lipinski definition) is 1. The normalized spacial score (nSPS) is 21.3. The van der Waals surface area contributed by atoms with Gasteiger partial charge in [-0.3, -0.25) is 0 Å². The second kappa shape index (κ2) is 9.43. The van der Waals surface area contributed by atoms with Crippen molar-refractivity contribution in [3.63, 3.8) is 0 Å². The van der Waals surface area contributed by atoms with Gasteiger partial charge in [-0.05, 0) is 33.7 Å². The van der Waals surface area contributed by atoms with Crippen molar-refractivity contribution in [1.29, 1.82) is 0 Å². The van der Waals surface area contributed by atoms with Crippen LogP contribution in [0.2, 0.25) is 0 Å². The summed E-state index contributed by atoms with van der Waals surface area (Å²) in [6.07, 6.45) is 1.59. The average molecular weight is 471 g/mol. The molecule has 6 rings (SSSR count). The quantitative estimate of drug-likeness (QED) is 0.261. The van der Waals surface area contributed by atoms with E-state index in [0.717, 1.165) is 52.9 Å². The molecule has 0 amide bonds. The molecular weight excluding hydrogens is 438 g/mol. The van der Waals surface area contributed by atoms with E-state index in [4.69, 9.17) is 0 Å². The van der Waals surface area contributed by atoms with Crippen LogP contribution in [0.4, 0.5) is 0 Å². The molecule has 2 nitrogen and oxygen atoms in total. The van der Waals surface area contributed by atoms with E-state index in [1.807, 2.05) is 36.4 Å². The third-order valence-electron chi connectivity index (χ3n) is 8.11. The summed E-state index contributed by atoms with van der Waals surface area (Å²) in [4.78, 5) is 0. The van der Waals surface area contributed by atoms with Gasteiger partial charge in [0, 0.05) is 24.3 Å². The lowest BCUT2D eigenvalue weighted by atomic mass is 9.88. The molecule has 178 valence electrons. The van der Waals surface area contributed by atoms with E-state index in [-0.39, 0.29) is 0 Å². The van der Waals surface area contributed by atoms with Crippen LogP contribution in [-0.4, -0.2) is 29.2 Å². The maximum absolute atomic E-state index is 11.9. The van der Waals surface area contributed by atoms with Crippen LogP contribution in [-0.2, 0) is 12.1 Å². The predicted molar refractivity (Wildman–Crippen MR) is 146 cm³/mol. The lowest BCUT2D eigenvalue weighted by molar-refractivity contribution is -0.923. The molecule has 36 heavy (non-hydrogen) atoms. The summed E-state index contributed by atoms with van der Waals surface area (Å²) >= 11 is 0. The first-order valence-corrected chi connectivity index (χ1v) is 13.0. The van der Waals surface area contributed by atoms with Crippen LogP contribution in [0.3, 0.4) is 0 Å². The van der Waals surface area contributed by atoms with Crippen molar-refractivity contribution in [1.82, 2.24) is 0 Å². The molecule has 0 aromatic heterocycles. The Labute approximate surface area is 214 Å². The molecular formula is C34H32NO+. The number of hydrogen-bond donors (Lipinski definition) is 1. The first-order chi connectivity index (χ1) is 17.7. The van der Waals surface area contributed by atoms with Crippen molar-refractivity contribution in [2.45, 2.75) is 30.9 Å². The lowest BCUT2D eigenvalue weighted by Gasteiger charge is -2.33. The van der Waals surface area contributed by atoms with Crippen molar-refractivity contribution in [3.8, 4) is 23.0 Å². The predicted octanol–water partition coefficient (Wildman–Crippen LogP) is 6.50. The SMILES string of the molecule is OC1(CC#CC[N@+]2(Cc3ccccc3)CC[C@@H](c3ccccc3)C2)c2ccccc2-c2ccccc21. The molecule has 1 fully saturated rings. The zero-order valence-electron chi connectivity index (χ0n) is 20.6. The van der Waals surface area contributed by atoms with Crippen LogP contribution in [0.1, 0.15) is 41.0 Å². The third kappa shape index (κ3) is 4.16. The van der Waals surface area contributed by atoms with Gasteiger partial charge in [0.2, 0.25) is 0 Å². The van der Waals surface area contributed by atoms with E-state index in [1.165, 1.54) is 17.5 Å². The second-order valence-electron chi connectivity index (χ2n) is 10.4. The van der Waals surface area contributed by atoms with Crippen molar-refractivity contribution < 1.29 is 9.59 Å². The van der Waals surface area contributed by atoms with Gasteiger partial charge < -0.3 is 9.59 Å². The minimum absolute atomic E-state index is 0.411. The number of fused-ring (bicyclic) bond motifs is 3. The molecule has 2 aliphatic rings. The fourth-order valence-electron chi connectivity index (χ4n) is 6.30. The fourth-order valence-corrected chi connectivity index (χ4v) is 6.30. The Bertz CT molecular complexity index is 1370. The molecule has 2 atom stereocenters. The fraction of sp³-hybridized carbons (Fsp3) is 0.235. The van der Waals surface area contributed by atoms with E-state index < -0.39 is 5.60 Å². The molecule has 0 radical (unpaired) electrons. The molecule has 0 bridgehead atoms. The van der Waals surface area contributed by atoms with Crippen molar-refractivity contribution in [3.05, 3.63) is 131 Å². The topological polar surface area (TPSA) is 20.2 Å². The summed E-state index contributed by atoms with van der Waals surface area (Å²) in [7, 11) is 0. The highest BCUT2D eigenvalue weighted by Gasteiger charge is 2.41. The molecule has 0 spiro atoms. The Morgan fingerprint density at radius 1 is 0.722 bits per heavy atom. The standard InChI is InChI=1S/C34H32NO/c36-34(32-19-9-7-17-30(32)31-18-8-10-20-33(31)34)22-11-12-23-35(25-27-13-3-1-4-14-27)24-21-29(26-35)28-15-5-2-6-16-28/h1-10,13-20,29,36H,21-26H2/q+1/t29-,35-/m1/s1. The molecule has 4 aromatic carbocycles. The van der Waals surface area contributed by atoms with Gasteiger partial charge in [-0.25, -0.2) is 0 Å². The highest BCUT2D eigenvalue weighted by atomic mass is 16.3. The van der Waals surface area contributed by atoms with E-state index in [1.54, 1.807) is 0 Å². The van der Waals surface area contributed by atoms with E-state index in [9.17, 15) is 5.11 Å². The molecule has 1 saturated heterocycles. The van der Waals surface area contributed by atoms with Crippen molar-refractivity contribution in [2.24, 2.45) is 0 Å². The van der Waals surface area contributed by atoms with E-state index in [0.29, 0.717) is 12.3 Å². The number of rotatable bonds is 5. The van der Waals surface area contributed by atoms with Crippen LogP contribution in [0.5, 0.6) is 0 Å². The van der Waals surface area contributed by atoms with Crippen LogP contribution in [0, 0.1) is 11.8 Å². The molecule has 4 aromatic rings. The maximum atomic E-state index is 11.9. The van der Waals surface area contributed by atoms with E-state index >= 15 is 0 Å². The average Bonchev–Trinajstić information content (AvgIpc) is 3.46.